The summed E-state index contributed by atoms with van der Waals surface area (Å²) < 4.78 is 0. The molecule has 0 unspecified atom stereocenters. The second kappa shape index (κ2) is 4.19. The highest BCUT2D eigenvalue weighted by Gasteiger charge is 2.13. The van der Waals surface area contributed by atoms with Gasteiger partial charge in [0.15, 0.2) is 5.65 Å². The van der Waals surface area contributed by atoms with Crippen molar-refractivity contribution < 1.29 is 0 Å². The number of hydrogen-bond donors (Lipinski definition) is 3. The van der Waals surface area contributed by atoms with Gasteiger partial charge in [-0.05, 0) is 31.9 Å². The molecule has 0 saturated heterocycles. The van der Waals surface area contributed by atoms with Gasteiger partial charge in [-0.15, -0.1) is 0 Å². The second-order valence-corrected chi connectivity index (χ2v) is 4.99. The van der Waals surface area contributed by atoms with Gasteiger partial charge in [-0.2, -0.15) is 0 Å². The monoisotopic (exact) mass is 270 g/mol. The number of nitrogens with one attached hydrogen (secondary N) is 3. The first kappa shape index (κ1) is 12.4. The molecule has 1 aromatic carbocycles. The molecule has 0 radical (unpaired) electrons. The maximum Gasteiger partial charge on any atom is 0.327 e. The number of aryl methyl sites for hydroxylation is 3. The molecule has 2 aromatic heterocycles. The normalized spacial score (nSPS) is 11.2. The summed E-state index contributed by atoms with van der Waals surface area (Å²) in [6, 6.07) is 4.12. The Labute approximate surface area is 113 Å². The molecule has 0 aliphatic heterocycles. The van der Waals surface area contributed by atoms with E-state index in [1.807, 2.05) is 20.8 Å². The molecule has 102 valence electrons. The van der Waals surface area contributed by atoms with Crippen LogP contribution in [0.2, 0.25) is 0 Å². The van der Waals surface area contributed by atoms with E-state index in [2.05, 4.69) is 32.1 Å². The van der Waals surface area contributed by atoms with E-state index in [4.69, 9.17) is 0 Å². The number of fused-ring (bicyclic) bond motifs is 1. The highest BCUT2D eigenvalue weighted by Crippen LogP contribution is 2.26. The fourth-order valence-electron chi connectivity index (χ4n) is 2.60. The van der Waals surface area contributed by atoms with Gasteiger partial charge in [0.2, 0.25) is 0 Å². The van der Waals surface area contributed by atoms with Gasteiger partial charge < -0.3 is 4.98 Å². The summed E-state index contributed by atoms with van der Waals surface area (Å²) in [6.45, 7) is 6.02. The van der Waals surface area contributed by atoms with Crippen molar-refractivity contribution in [2.45, 2.75) is 20.8 Å². The van der Waals surface area contributed by atoms with E-state index in [9.17, 15) is 9.59 Å². The number of hydrogen-bond acceptors (Lipinski definition) is 3. The molecule has 0 spiro atoms. The van der Waals surface area contributed by atoms with Crippen molar-refractivity contribution in [1.82, 2.24) is 19.9 Å². The van der Waals surface area contributed by atoms with Crippen LogP contribution in [0, 0.1) is 20.8 Å². The molecule has 0 fully saturated rings. The third kappa shape index (κ3) is 1.85. The first-order valence-electron chi connectivity index (χ1n) is 6.26. The molecule has 0 aliphatic carbocycles. The zero-order valence-corrected chi connectivity index (χ0v) is 11.4. The Hall–Kier alpha value is -2.63. The highest BCUT2D eigenvalue weighted by molar-refractivity contribution is 5.77. The Bertz CT molecular complexity index is 907. The van der Waals surface area contributed by atoms with Crippen molar-refractivity contribution in [2.24, 2.45) is 0 Å². The van der Waals surface area contributed by atoms with Crippen molar-refractivity contribution in [1.29, 1.82) is 0 Å². The highest BCUT2D eigenvalue weighted by atomic mass is 16.2. The molecule has 6 heteroatoms. The van der Waals surface area contributed by atoms with Crippen molar-refractivity contribution in [3.05, 3.63) is 49.7 Å². The van der Waals surface area contributed by atoms with Gasteiger partial charge in [0, 0.05) is 5.56 Å². The van der Waals surface area contributed by atoms with E-state index in [0.29, 0.717) is 5.82 Å². The summed E-state index contributed by atoms with van der Waals surface area (Å²) in [6.07, 6.45) is 0. The van der Waals surface area contributed by atoms with Crippen LogP contribution < -0.4 is 11.2 Å². The first-order chi connectivity index (χ1) is 9.45. The molecule has 0 amide bonds. The molecular weight excluding hydrogens is 256 g/mol. The third-order valence-electron chi connectivity index (χ3n) is 3.30. The van der Waals surface area contributed by atoms with Crippen molar-refractivity contribution >= 4 is 11.2 Å². The van der Waals surface area contributed by atoms with E-state index < -0.39 is 11.2 Å². The zero-order valence-electron chi connectivity index (χ0n) is 11.4. The topological polar surface area (TPSA) is 94.4 Å². The van der Waals surface area contributed by atoms with E-state index >= 15 is 0 Å². The molecular formula is C14H14N4O2. The minimum atomic E-state index is -0.557. The van der Waals surface area contributed by atoms with Crippen LogP contribution in [0.25, 0.3) is 22.6 Å². The molecule has 20 heavy (non-hydrogen) atoms. The quantitative estimate of drug-likeness (QED) is 0.626. The summed E-state index contributed by atoms with van der Waals surface area (Å²) in [7, 11) is 0. The van der Waals surface area contributed by atoms with Gasteiger partial charge in [0.25, 0.3) is 5.56 Å². The number of H-pyrrole nitrogens is 3. The Morgan fingerprint density at radius 3 is 2.25 bits per heavy atom. The summed E-state index contributed by atoms with van der Waals surface area (Å²) in [4.78, 5) is 35.0. The Morgan fingerprint density at radius 1 is 0.950 bits per heavy atom. The first-order valence-corrected chi connectivity index (χ1v) is 6.26. The Morgan fingerprint density at radius 2 is 1.60 bits per heavy atom. The molecule has 2 heterocycles. The zero-order chi connectivity index (χ0) is 14.4. The van der Waals surface area contributed by atoms with Crippen LogP contribution in [0.4, 0.5) is 0 Å². The van der Waals surface area contributed by atoms with Gasteiger partial charge in [-0.25, -0.2) is 9.78 Å². The summed E-state index contributed by atoms with van der Waals surface area (Å²) in [5.74, 6) is 0.586. The number of imidazole rings is 1. The predicted molar refractivity (Wildman–Crippen MR) is 77.0 cm³/mol. The summed E-state index contributed by atoms with van der Waals surface area (Å²) in [5, 5.41) is 0. The van der Waals surface area contributed by atoms with Crippen molar-refractivity contribution in [2.75, 3.05) is 0 Å². The van der Waals surface area contributed by atoms with Crippen LogP contribution >= 0.6 is 0 Å². The number of rotatable bonds is 1. The lowest BCUT2D eigenvalue weighted by Crippen LogP contribution is -2.21. The van der Waals surface area contributed by atoms with Gasteiger partial charge in [-0.1, -0.05) is 17.7 Å². The van der Waals surface area contributed by atoms with Crippen molar-refractivity contribution in [3.8, 4) is 11.4 Å². The molecule has 3 aromatic rings. The van der Waals surface area contributed by atoms with E-state index in [1.54, 1.807) is 0 Å². The lowest BCUT2D eigenvalue weighted by molar-refractivity contribution is 1.07. The minimum absolute atomic E-state index is 0.271. The fraction of sp³-hybridized carbons (Fsp3) is 0.214. The maximum absolute atomic E-state index is 11.7. The lowest BCUT2D eigenvalue weighted by Gasteiger charge is -2.08. The molecule has 0 atom stereocenters. The van der Waals surface area contributed by atoms with Crippen LogP contribution in [0.1, 0.15) is 16.7 Å². The van der Waals surface area contributed by atoms with Crippen LogP contribution in [0.15, 0.2) is 21.7 Å². The van der Waals surface area contributed by atoms with E-state index in [1.165, 1.54) is 5.56 Å². The molecule has 3 rings (SSSR count). The van der Waals surface area contributed by atoms with Gasteiger partial charge in [-0.3, -0.25) is 14.8 Å². The fourth-order valence-corrected chi connectivity index (χ4v) is 2.60. The standard InChI is InChI=1S/C14H14N4O2/c1-6-4-7(2)9(8(3)5-6)11-15-10-12(16-11)17-14(20)18-13(10)19/h4-5H,1-3H3,(H3,15,16,17,18,19,20). The third-order valence-corrected chi connectivity index (χ3v) is 3.30. The minimum Gasteiger partial charge on any atom is -0.332 e. The van der Waals surface area contributed by atoms with Gasteiger partial charge >= 0.3 is 5.69 Å². The summed E-state index contributed by atoms with van der Waals surface area (Å²) in [5.41, 5.74) is 3.79. The number of aromatic nitrogens is 4. The number of nitrogens with zero attached hydrogens (tertiary/aromatic N) is 1. The van der Waals surface area contributed by atoms with E-state index in [-0.39, 0.29) is 11.2 Å². The van der Waals surface area contributed by atoms with Gasteiger partial charge in [0.05, 0.1) is 0 Å². The maximum atomic E-state index is 11.7. The molecule has 6 nitrogen and oxygen atoms in total. The SMILES string of the molecule is Cc1cc(C)c(-c2nc3[nH]c(=O)[nH]c(=O)c3[nH]2)c(C)c1. The van der Waals surface area contributed by atoms with Gasteiger partial charge in [0.1, 0.15) is 11.3 Å². The summed E-state index contributed by atoms with van der Waals surface area (Å²) >= 11 is 0. The Balaban J connectivity index is 2.34. The van der Waals surface area contributed by atoms with Crippen LogP contribution in [0.5, 0.6) is 0 Å². The van der Waals surface area contributed by atoms with E-state index in [0.717, 1.165) is 16.7 Å². The average Bonchev–Trinajstić information content (AvgIpc) is 2.71. The number of benzene rings is 1. The largest absolute Gasteiger partial charge is 0.332 e. The van der Waals surface area contributed by atoms with Crippen LogP contribution in [-0.4, -0.2) is 19.9 Å². The molecule has 0 aliphatic rings. The molecule has 3 N–H and O–H groups in total. The second-order valence-electron chi connectivity index (χ2n) is 4.99. The lowest BCUT2D eigenvalue weighted by atomic mass is 9.99. The number of aromatic amines is 3. The Kier molecular flexibility index (Phi) is 2.60. The molecule has 0 bridgehead atoms. The average molecular weight is 270 g/mol. The molecule has 0 saturated carbocycles. The van der Waals surface area contributed by atoms with Crippen molar-refractivity contribution in [3.63, 3.8) is 0 Å². The van der Waals surface area contributed by atoms with Crippen LogP contribution in [0.3, 0.4) is 0 Å². The smallest absolute Gasteiger partial charge is 0.327 e. The van der Waals surface area contributed by atoms with Crippen LogP contribution in [-0.2, 0) is 0 Å². The predicted octanol–water partition coefficient (Wildman–Crippen LogP) is 1.53.